The molecule has 0 rings (SSSR count). The average molecular weight is 322 g/mol. The molecular weight excluding hydrogens is 296 g/mol. The van der Waals surface area contributed by atoms with Crippen LogP contribution < -0.4 is 0 Å². The van der Waals surface area contributed by atoms with Gasteiger partial charge in [0, 0.05) is 6.42 Å². The number of rotatable bonds is 12. The van der Waals surface area contributed by atoms with Crippen LogP contribution in [0.3, 0.4) is 0 Å². The summed E-state index contributed by atoms with van der Waals surface area (Å²) in [6.07, 6.45) is 5.09. The maximum atomic E-state index is 11.5. The molecule has 0 heterocycles. The van der Waals surface area contributed by atoms with Crippen LogP contribution in [0.15, 0.2) is 12.7 Å². The van der Waals surface area contributed by atoms with E-state index in [0.29, 0.717) is 6.42 Å². The molecule has 5 heteroatoms. The first-order valence-electron chi connectivity index (χ1n) is 8.05. The summed E-state index contributed by atoms with van der Waals surface area (Å²) >= 11 is 0. The Morgan fingerprint density at radius 3 is 2.13 bits per heavy atom. The molecule has 0 saturated carbocycles. The van der Waals surface area contributed by atoms with Gasteiger partial charge in [-0.3, -0.25) is 14.4 Å². The quantitative estimate of drug-likeness (QED) is 0.188. The van der Waals surface area contributed by atoms with Crippen molar-refractivity contribution in [1.29, 1.82) is 0 Å². The van der Waals surface area contributed by atoms with Crippen molar-refractivity contribution in [2.45, 2.75) is 70.5 Å². The lowest BCUT2D eigenvalue weighted by atomic mass is 10.0. The van der Waals surface area contributed by atoms with Crippen molar-refractivity contribution >= 4 is 17.3 Å². The molecule has 0 aliphatic rings. The molecule has 0 amide bonds. The highest BCUT2D eigenvalue weighted by atomic mass is 16.3. The van der Waals surface area contributed by atoms with Crippen LogP contribution in [-0.2, 0) is 14.4 Å². The van der Waals surface area contributed by atoms with Gasteiger partial charge in [-0.1, -0.05) is 57.9 Å². The van der Waals surface area contributed by atoms with Crippen LogP contribution in [0.4, 0.5) is 0 Å². The zero-order chi connectivity index (χ0) is 17.7. The number of Topliss-reactive ketones (excluding diaryl/α,β-unsaturated/α-hetero) is 2. The summed E-state index contributed by atoms with van der Waals surface area (Å²) < 4.78 is 0. The summed E-state index contributed by atoms with van der Waals surface area (Å²) in [5.74, 6) is 1.43. The van der Waals surface area contributed by atoms with Gasteiger partial charge in [-0.25, -0.2) is 0 Å². The van der Waals surface area contributed by atoms with Crippen molar-refractivity contribution in [3.8, 4) is 11.8 Å². The number of hydrogen-bond donors (Lipinski definition) is 2. The van der Waals surface area contributed by atoms with Crippen molar-refractivity contribution < 1.29 is 24.6 Å². The Kier molecular flexibility index (Phi) is 11.8. The lowest BCUT2D eigenvalue weighted by molar-refractivity contribution is -0.146. The molecule has 2 N–H and O–H groups in total. The molecule has 2 atom stereocenters. The lowest BCUT2D eigenvalue weighted by Crippen LogP contribution is -2.41. The molecule has 0 spiro atoms. The Morgan fingerprint density at radius 1 is 1.00 bits per heavy atom. The van der Waals surface area contributed by atoms with E-state index in [4.69, 9.17) is 0 Å². The molecule has 0 radical (unpaired) electrons. The summed E-state index contributed by atoms with van der Waals surface area (Å²) in [6.45, 7) is 5.29. The summed E-state index contributed by atoms with van der Waals surface area (Å²) in [6, 6.07) is 0. The van der Waals surface area contributed by atoms with Gasteiger partial charge in [-0.2, -0.15) is 0 Å². The number of aliphatic hydroxyl groups excluding tert-OH is 2. The van der Waals surface area contributed by atoms with Crippen LogP contribution in [0.25, 0.3) is 0 Å². The number of carbonyl (C=O) groups is 3. The van der Waals surface area contributed by atoms with E-state index in [9.17, 15) is 24.6 Å². The van der Waals surface area contributed by atoms with Crippen LogP contribution in [0.1, 0.15) is 58.3 Å². The lowest BCUT2D eigenvalue weighted by Gasteiger charge is -2.11. The third kappa shape index (κ3) is 9.07. The smallest absolute Gasteiger partial charge is 0.274 e. The van der Waals surface area contributed by atoms with Crippen molar-refractivity contribution in [2.75, 3.05) is 0 Å². The Balaban J connectivity index is 4.07. The SMILES string of the molecule is C=CC(=O)C(O)C(O)C(=O)C(=O)C#CCCCCCCCCC. The second-order valence-electron chi connectivity index (χ2n) is 5.36. The first kappa shape index (κ1) is 21.2. The number of ketones is 3. The van der Waals surface area contributed by atoms with Crippen LogP contribution in [0.5, 0.6) is 0 Å². The van der Waals surface area contributed by atoms with E-state index in [1.165, 1.54) is 25.7 Å². The van der Waals surface area contributed by atoms with Crippen LogP contribution >= 0.6 is 0 Å². The minimum absolute atomic E-state index is 0.497. The highest BCUT2D eigenvalue weighted by Crippen LogP contribution is 2.07. The predicted octanol–water partition coefficient (Wildman–Crippen LogP) is 1.75. The summed E-state index contributed by atoms with van der Waals surface area (Å²) in [4.78, 5) is 34.1. The molecule has 0 aromatic rings. The van der Waals surface area contributed by atoms with Crippen LogP contribution in [0, 0.1) is 11.8 Å². The second-order valence-corrected chi connectivity index (χ2v) is 5.36. The Hall–Kier alpha value is -1.77. The maximum absolute atomic E-state index is 11.5. The van der Waals surface area contributed by atoms with E-state index in [-0.39, 0.29) is 0 Å². The third-order valence-corrected chi connectivity index (χ3v) is 3.39. The summed E-state index contributed by atoms with van der Waals surface area (Å²) in [5.41, 5.74) is 0. The molecule has 2 unspecified atom stereocenters. The van der Waals surface area contributed by atoms with Gasteiger partial charge in [0.05, 0.1) is 0 Å². The molecule has 5 nitrogen and oxygen atoms in total. The Labute approximate surface area is 137 Å². The van der Waals surface area contributed by atoms with Crippen molar-refractivity contribution in [3.05, 3.63) is 12.7 Å². The van der Waals surface area contributed by atoms with Gasteiger partial charge < -0.3 is 10.2 Å². The number of unbranched alkanes of at least 4 members (excludes halogenated alkanes) is 7. The van der Waals surface area contributed by atoms with Gasteiger partial charge in [-0.05, 0) is 18.4 Å². The Bertz CT molecular complexity index is 470. The minimum atomic E-state index is -2.10. The fraction of sp³-hybridized carbons (Fsp3) is 0.611. The van der Waals surface area contributed by atoms with Crippen molar-refractivity contribution in [3.63, 3.8) is 0 Å². The largest absolute Gasteiger partial charge is 0.382 e. The predicted molar refractivity (Wildman–Crippen MR) is 87.6 cm³/mol. The van der Waals surface area contributed by atoms with E-state index >= 15 is 0 Å². The molecule has 0 saturated heterocycles. The van der Waals surface area contributed by atoms with Gasteiger partial charge in [0.15, 0.2) is 11.9 Å². The fourth-order valence-corrected chi connectivity index (χ4v) is 1.93. The number of hydrogen-bond acceptors (Lipinski definition) is 5. The number of aliphatic hydroxyl groups is 2. The number of carbonyl (C=O) groups excluding carboxylic acids is 3. The zero-order valence-corrected chi connectivity index (χ0v) is 13.7. The van der Waals surface area contributed by atoms with Gasteiger partial charge in [0.1, 0.15) is 6.10 Å². The van der Waals surface area contributed by atoms with E-state index in [1.54, 1.807) is 0 Å². The topological polar surface area (TPSA) is 91.7 Å². The van der Waals surface area contributed by atoms with Crippen molar-refractivity contribution in [2.24, 2.45) is 0 Å². The standard InChI is InChI=1S/C18H26O5/c1-3-5-6-7-8-9-10-11-12-13-15(20)17(22)18(23)16(21)14(19)4-2/h4,16,18,21,23H,2-3,5-11H2,1H3. The molecule has 0 aliphatic heterocycles. The van der Waals surface area contributed by atoms with Gasteiger partial charge in [0.2, 0.25) is 5.78 Å². The molecule has 0 aromatic carbocycles. The zero-order valence-electron chi connectivity index (χ0n) is 13.7. The Morgan fingerprint density at radius 2 is 1.57 bits per heavy atom. The average Bonchev–Trinajstić information content (AvgIpc) is 2.57. The summed E-state index contributed by atoms with van der Waals surface area (Å²) in [7, 11) is 0. The van der Waals surface area contributed by atoms with E-state index < -0.39 is 29.6 Å². The van der Waals surface area contributed by atoms with Gasteiger partial charge in [-0.15, -0.1) is 0 Å². The fourth-order valence-electron chi connectivity index (χ4n) is 1.93. The van der Waals surface area contributed by atoms with Crippen LogP contribution in [-0.4, -0.2) is 39.8 Å². The highest BCUT2D eigenvalue weighted by molar-refractivity contribution is 6.45. The summed E-state index contributed by atoms with van der Waals surface area (Å²) in [5, 5.41) is 18.8. The molecule has 0 aliphatic carbocycles. The van der Waals surface area contributed by atoms with E-state index in [0.717, 1.165) is 25.3 Å². The van der Waals surface area contributed by atoms with Gasteiger partial charge >= 0.3 is 0 Å². The molecule has 23 heavy (non-hydrogen) atoms. The molecular formula is C18H26O5. The van der Waals surface area contributed by atoms with Crippen LogP contribution in [0.2, 0.25) is 0 Å². The van der Waals surface area contributed by atoms with Gasteiger partial charge in [0.25, 0.3) is 5.78 Å². The van der Waals surface area contributed by atoms with Crippen molar-refractivity contribution in [1.82, 2.24) is 0 Å². The maximum Gasteiger partial charge on any atom is 0.274 e. The molecule has 128 valence electrons. The normalized spacial score (nSPS) is 12.7. The first-order valence-corrected chi connectivity index (χ1v) is 8.05. The third-order valence-electron chi connectivity index (χ3n) is 3.39. The molecule has 0 bridgehead atoms. The highest BCUT2D eigenvalue weighted by Gasteiger charge is 2.31. The van der Waals surface area contributed by atoms with E-state index in [1.807, 2.05) is 0 Å². The second kappa shape index (κ2) is 12.7. The molecule has 0 aromatic heterocycles. The first-order chi connectivity index (χ1) is 11.0. The monoisotopic (exact) mass is 322 g/mol. The molecule has 0 fully saturated rings. The van der Waals surface area contributed by atoms with E-state index in [2.05, 4.69) is 25.3 Å². The minimum Gasteiger partial charge on any atom is -0.382 e.